The number of thiocarbonyl (C=S) groups is 1. The van der Waals surface area contributed by atoms with Gasteiger partial charge in [0.05, 0.1) is 17.7 Å². The molecule has 0 aliphatic carbocycles. The number of anilines is 1. The van der Waals surface area contributed by atoms with E-state index in [4.69, 9.17) is 23.8 Å². The van der Waals surface area contributed by atoms with E-state index < -0.39 is 5.97 Å². The Morgan fingerprint density at radius 1 is 1.48 bits per heavy atom. The second-order valence-corrected chi connectivity index (χ2v) is 5.87. The predicted octanol–water partition coefficient (Wildman–Crippen LogP) is 2.04. The van der Waals surface area contributed by atoms with Gasteiger partial charge in [0.1, 0.15) is 0 Å². The summed E-state index contributed by atoms with van der Waals surface area (Å²) in [7, 11) is 1.30. The molecule has 0 aromatic heterocycles. The number of hydrogen-bond acceptors (Lipinski definition) is 4. The van der Waals surface area contributed by atoms with Gasteiger partial charge in [0.15, 0.2) is 5.11 Å². The number of carbonyl (C=O) groups excluding carboxylic acids is 2. The summed E-state index contributed by atoms with van der Waals surface area (Å²) in [6, 6.07) is 4.89. The lowest BCUT2D eigenvalue weighted by atomic mass is 10.2. The zero-order valence-electron chi connectivity index (χ0n) is 12.7. The molecule has 23 heavy (non-hydrogen) atoms. The van der Waals surface area contributed by atoms with Crippen molar-refractivity contribution in [1.29, 1.82) is 0 Å². The van der Waals surface area contributed by atoms with Gasteiger partial charge in [0.25, 0.3) is 0 Å². The Labute approximate surface area is 145 Å². The predicted molar refractivity (Wildman–Crippen MR) is 92.8 cm³/mol. The zero-order chi connectivity index (χ0) is 16.8. The highest BCUT2D eigenvalue weighted by molar-refractivity contribution is 7.80. The number of likely N-dealkylation sites (tertiary alicyclic amines) is 1. The van der Waals surface area contributed by atoms with Crippen molar-refractivity contribution in [3.05, 3.63) is 28.8 Å². The third-order valence-electron chi connectivity index (χ3n) is 3.47. The van der Waals surface area contributed by atoms with Crippen molar-refractivity contribution >= 4 is 46.5 Å². The topological polar surface area (TPSA) is 70.7 Å². The summed E-state index contributed by atoms with van der Waals surface area (Å²) in [4.78, 5) is 24.9. The minimum atomic E-state index is -0.509. The van der Waals surface area contributed by atoms with Crippen LogP contribution in [0.15, 0.2) is 18.2 Å². The van der Waals surface area contributed by atoms with Gasteiger partial charge in [-0.15, -0.1) is 0 Å². The molecule has 1 aliphatic rings. The summed E-state index contributed by atoms with van der Waals surface area (Å²) in [5, 5.41) is 6.73. The number of nitrogens with one attached hydrogen (secondary N) is 2. The fourth-order valence-corrected chi connectivity index (χ4v) is 2.70. The summed E-state index contributed by atoms with van der Waals surface area (Å²) in [5.41, 5.74) is 0.897. The molecule has 2 N–H and O–H groups in total. The Bertz CT molecular complexity index is 624. The monoisotopic (exact) mass is 355 g/mol. The molecule has 0 saturated carbocycles. The van der Waals surface area contributed by atoms with E-state index in [0.29, 0.717) is 35.3 Å². The van der Waals surface area contributed by atoms with E-state index in [-0.39, 0.29) is 11.5 Å². The summed E-state index contributed by atoms with van der Waals surface area (Å²) >= 11 is 11.2. The number of ether oxygens (including phenoxy) is 1. The quantitative estimate of drug-likeness (QED) is 0.622. The smallest absolute Gasteiger partial charge is 0.339 e. The van der Waals surface area contributed by atoms with Crippen LogP contribution in [0.2, 0.25) is 5.02 Å². The standard InChI is InChI=1S/C15H18ClN3O3S/c1-22-14(21)11-9-10(4-5-12(11)16)18-15(23)17-6-8-19-7-2-3-13(19)20/h4-5,9H,2-3,6-8H2,1H3,(H2,17,18,23). The van der Waals surface area contributed by atoms with Crippen LogP contribution in [0.25, 0.3) is 0 Å². The lowest BCUT2D eigenvalue weighted by molar-refractivity contribution is -0.127. The molecule has 0 radical (unpaired) electrons. The minimum Gasteiger partial charge on any atom is -0.465 e. The molecule has 1 fully saturated rings. The summed E-state index contributed by atoms with van der Waals surface area (Å²) in [6.45, 7) is 1.99. The Balaban J connectivity index is 1.85. The molecule has 8 heteroatoms. The highest BCUT2D eigenvalue weighted by atomic mass is 35.5. The molecule has 1 saturated heterocycles. The van der Waals surface area contributed by atoms with Crippen molar-refractivity contribution in [2.24, 2.45) is 0 Å². The average Bonchev–Trinajstić information content (AvgIpc) is 2.94. The first-order valence-corrected chi connectivity index (χ1v) is 8.00. The third-order valence-corrected chi connectivity index (χ3v) is 4.04. The fraction of sp³-hybridized carbons (Fsp3) is 0.400. The number of nitrogens with zero attached hydrogens (tertiary/aromatic N) is 1. The van der Waals surface area contributed by atoms with E-state index in [2.05, 4.69) is 15.4 Å². The first-order valence-electron chi connectivity index (χ1n) is 7.21. The van der Waals surface area contributed by atoms with Gasteiger partial charge in [0, 0.05) is 31.7 Å². The van der Waals surface area contributed by atoms with Crippen LogP contribution < -0.4 is 10.6 Å². The van der Waals surface area contributed by atoms with Gasteiger partial charge >= 0.3 is 5.97 Å². The molecule has 0 atom stereocenters. The van der Waals surface area contributed by atoms with Crippen LogP contribution >= 0.6 is 23.8 Å². The summed E-state index contributed by atoms with van der Waals surface area (Å²) < 4.78 is 4.67. The number of amides is 1. The molecule has 2 rings (SSSR count). The van der Waals surface area contributed by atoms with Crippen molar-refractivity contribution in [1.82, 2.24) is 10.2 Å². The molecule has 1 heterocycles. The van der Waals surface area contributed by atoms with Crippen molar-refractivity contribution < 1.29 is 14.3 Å². The van der Waals surface area contributed by atoms with Crippen molar-refractivity contribution in [3.8, 4) is 0 Å². The average molecular weight is 356 g/mol. The van der Waals surface area contributed by atoms with Crippen LogP contribution in [-0.2, 0) is 9.53 Å². The Kier molecular flexibility index (Phi) is 6.18. The number of benzene rings is 1. The molecule has 1 aliphatic heterocycles. The molecule has 1 aromatic carbocycles. The first-order chi connectivity index (χ1) is 11.0. The van der Waals surface area contributed by atoms with Gasteiger partial charge in [-0.25, -0.2) is 4.79 Å². The second-order valence-electron chi connectivity index (χ2n) is 5.05. The van der Waals surface area contributed by atoms with Crippen molar-refractivity contribution in [2.45, 2.75) is 12.8 Å². The number of esters is 1. The maximum Gasteiger partial charge on any atom is 0.339 e. The van der Waals surface area contributed by atoms with Crippen LogP contribution in [0.5, 0.6) is 0 Å². The van der Waals surface area contributed by atoms with E-state index >= 15 is 0 Å². The number of methoxy groups -OCH3 is 1. The largest absolute Gasteiger partial charge is 0.465 e. The van der Waals surface area contributed by atoms with Gasteiger partial charge in [-0.3, -0.25) is 4.79 Å². The summed E-state index contributed by atoms with van der Waals surface area (Å²) in [5.74, 6) is -0.323. The van der Waals surface area contributed by atoms with Crippen LogP contribution in [0.3, 0.4) is 0 Å². The Hall–Kier alpha value is -1.86. The van der Waals surface area contributed by atoms with Crippen LogP contribution in [0.4, 0.5) is 5.69 Å². The molecule has 6 nitrogen and oxygen atoms in total. The summed E-state index contributed by atoms with van der Waals surface area (Å²) in [6.07, 6.45) is 1.55. The zero-order valence-corrected chi connectivity index (χ0v) is 14.3. The third kappa shape index (κ3) is 4.80. The molecular formula is C15H18ClN3O3S. The Morgan fingerprint density at radius 3 is 2.91 bits per heavy atom. The molecule has 1 amide bonds. The van der Waals surface area contributed by atoms with Crippen LogP contribution in [0.1, 0.15) is 23.2 Å². The highest BCUT2D eigenvalue weighted by Crippen LogP contribution is 2.21. The number of hydrogen-bond donors (Lipinski definition) is 2. The lowest BCUT2D eigenvalue weighted by Crippen LogP contribution is -2.37. The van der Waals surface area contributed by atoms with Crippen LogP contribution in [0, 0.1) is 0 Å². The van der Waals surface area contributed by atoms with Gasteiger partial charge < -0.3 is 20.3 Å². The number of halogens is 1. The molecule has 0 bridgehead atoms. The van der Waals surface area contributed by atoms with E-state index in [0.717, 1.165) is 13.0 Å². The van der Waals surface area contributed by atoms with Gasteiger partial charge in [-0.1, -0.05) is 11.6 Å². The van der Waals surface area contributed by atoms with Crippen molar-refractivity contribution in [3.63, 3.8) is 0 Å². The minimum absolute atomic E-state index is 0.186. The number of carbonyl (C=O) groups is 2. The molecule has 0 spiro atoms. The van der Waals surface area contributed by atoms with Gasteiger partial charge in [-0.2, -0.15) is 0 Å². The molecule has 0 unspecified atom stereocenters. The lowest BCUT2D eigenvalue weighted by Gasteiger charge is -2.17. The first kappa shape index (κ1) is 17.5. The fourth-order valence-electron chi connectivity index (χ4n) is 2.29. The Morgan fingerprint density at radius 2 is 2.26 bits per heavy atom. The molecule has 124 valence electrons. The normalized spacial score (nSPS) is 13.8. The van der Waals surface area contributed by atoms with Gasteiger partial charge in [-0.05, 0) is 36.8 Å². The van der Waals surface area contributed by atoms with Gasteiger partial charge in [0.2, 0.25) is 5.91 Å². The highest BCUT2D eigenvalue weighted by Gasteiger charge is 2.19. The number of rotatable bonds is 5. The van der Waals surface area contributed by atoms with E-state index in [1.165, 1.54) is 7.11 Å². The molecular weight excluding hydrogens is 338 g/mol. The van der Waals surface area contributed by atoms with E-state index in [9.17, 15) is 9.59 Å². The second kappa shape index (κ2) is 8.12. The van der Waals surface area contributed by atoms with Crippen LogP contribution in [-0.4, -0.2) is 48.6 Å². The molecule has 1 aromatic rings. The SMILES string of the molecule is COC(=O)c1cc(NC(=S)NCCN2CCCC2=O)ccc1Cl. The maximum absolute atomic E-state index is 11.6. The van der Waals surface area contributed by atoms with E-state index in [1.807, 2.05) is 4.90 Å². The van der Waals surface area contributed by atoms with E-state index in [1.54, 1.807) is 18.2 Å². The maximum atomic E-state index is 11.6. The van der Waals surface area contributed by atoms with Crippen molar-refractivity contribution in [2.75, 3.05) is 32.1 Å².